The van der Waals surface area contributed by atoms with E-state index in [0.29, 0.717) is 0 Å². The molecule has 0 radical (unpaired) electrons. The molecule has 0 fully saturated rings. The first-order chi connectivity index (χ1) is 10.8. The number of terminal acetylenes is 1. The van der Waals surface area contributed by atoms with Gasteiger partial charge in [0.15, 0.2) is 0 Å². The van der Waals surface area contributed by atoms with Crippen molar-refractivity contribution in [2.75, 3.05) is 6.54 Å². The zero-order valence-electron chi connectivity index (χ0n) is 14.2. The molecule has 0 saturated carbocycles. The van der Waals surface area contributed by atoms with Crippen LogP contribution in [0, 0.1) is 12.3 Å². The van der Waals surface area contributed by atoms with E-state index in [2.05, 4.69) is 24.1 Å². The highest BCUT2D eigenvalue weighted by Gasteiger charge is 2.27. The Bertz CT molecular complexity index is 732. The lowest BCUT2D eigenvalue weighted by Crippen LogP contribution is -2.38. The van der Waals surface area contributed by atoms with Crippen molar-refractivity contribution in [3.8, 4) is 12.3 Å². The van der Waals surface area contributed by atoms with Crippen LogP contribution >= 0.6 is 0 Å². The summed E-state index contributed by atoms with van der Waals surface area (Å²) in [5.74, 6) is 2.56. The standard InChI is InChI=1S/C20H23NO2/c1-6-14-21(19(22)23-20(3,4)5)15(2)17-13-9-11-16-10-7-8-12-18(16)17/h1,7-13,15H,14H2,2-5H3/t15-/m1/s1. The van der Waals surface area contributed by atoms with Crippen molar-refractivity contribution in [2.24, 2.45) is 0 Å². The van der Waals surface area contributed by atoms with Crippen LogP contribution in [0.5, 0.6) is 0 Å². The predicted molar refractivity (Wildman–Crippen MR) is 94.1 cm³/mol. The third-order valence-electron chi connectivity index (χ3n) is 3.63. The molecule has 0 aliphatic rings. The summed E-state index contributed by atoms with van der Waals surface area (Å²) in [5, 5.41) is 2.26. The second kappa shape index (κ2) is 6.75. The van der Waals surface area contributed by atoms with Gasteiger partial charge in [-0.25, -0.2) is 4.79 Å². The number of amides is 1. The van der Waals surface area contributed by atoms with E-state index in [1.807, 2.05) is 52.0 Å². The monoisotopic (exact) mass is 309 g/mol. The van der Waals surface area contributed by atoms with Gasteiger partial charge in [0.05, 0.1) is 12.6 Å². The second-order valence-corrected chi connectivity index (χ2v) is 6.56. The summed E-state index contributed by atoms with van der Waals surface area (Å²) >= 11 is 0. The summed E-state index contributed by atoms with van der Waals surface area (Å²) in [6, 6.07) is 14.0. The molecule has 0 bridgehead atoms. The van der Waals surface area contributed by atoms with Crippen LogP contribution in [0.2, 0.25) is 0 Å². The van der Waals surface area contributed by atoms with Crippen LogP contribution in [0.1, 0.15) is 39.3 Å². The fourth-order valence-corrected chi connectivity index (χ4v) is 2.56. The molecule has 0 saturated heterocycles. The van der Waals surface area contributed by atoms with Crippen LogP contribution in [0.15, 0.2) is 42.5 Å². The van der Waals surface area contributed by atoms with Crippen LogP contribution in [0.25, 0.3) is 10.8 Å². The minimum Gasteiger partial charge on any atom is -0.444 e. The number of carbonyl (C=O) groups excluding carboxylic acids is 1. The van der Waals surface area contributed by atoms with Crippen molar-refractivity contribution < 1.29 is 9.53 Å². The molecule has 120 valence electrons. The number of rotatable bonds is 3. The molecule has 0 spiro atoms. The van der Waals surface area contributed by atoms with E-state index in [-0.39, 0.29) is 12.6 Å². The first-order valence-corrected chi connectivity index (χ1v) is 7.74. The number of nitrogens with zero attached hydrogens (tertiary/aromatic N) is 1. The van der Waals surface area contributed by atoms with E-state index in [0.717, 1.165) is 16.3 Å². The average Bonchev–Trinajstić information content (AvgIpc) is 2.49. The maximum Gasteiger partial charge on any atom is 0.411 e. The lowest BCUT2D eigenvalue weighted by molar-refractivity contribution is 0.0206. The molecular formula is C20H23NO2. The van der Waals surface area contributed by atoms with Crippen molar-refractivity contribution in [1.29, 1.82) is 0 Å². The fraction of sp³-hybridized carbons (Fsp3) is 0.350. The SMILES string of the molecule is C#CCN(C(=O)OC(C)(C)C)[C@H](C)c1cccc2ccccc12. The summed E-state index contributed by atoms with van der Waals surface area (Å²) in [5.41, 5.74) is 0.506. The molecule has 3 nitrogen and oxygen atoms in total. The van der Waals surface area contributed by atoms with Gasteiger partial charge in [0, 0.05) is 0 Å². The van der Waals surface area contributed by atoms with E-state index in [1.54, 1.807) is 4.90 Å². The summed E-state index contributed by atoms with van der Waals surface area (Å²) in [6.07, 6.45) is 5.07. The number of hydrogen-bond donors (Lipinski definition) is 0. The highest BCUT2D eigenvalue weighted by atomic mass is 16.6. The Balaban J connectivity index is 2.39. The molecule has 23 heavy (non-hydrogen) atoms. The Kier molecular flexibility index (Phi) is 4.95. The van der Waals surface area contributed by atoms with E-state index in [4.69, 9.17) is 11.2 Å². The van der Waals surface area contributed by atoms with Gasteiger partial charge in [-0.2, -0.15) is 0 Å². The summed E-state index contributed by atoms with van der Waals surface area (Å²) < 4.78 is 5.50. The van der Waals surface area contributed by atoms with E-state index in [9.17, 15) is 4.79 Å². The van der Waals surface area contributed by atoms with Crippen molar-refractivity contribution in [1.82, 2.24) is 4.90 Å². The van der Waals surface area contributed by atoms with E-state index in [1.165, 1.54) is 0 Å². The van der Waals surface area contributed by atoms with Crippen molar-refractivity contribution in [2.45, 2.75) is 39.3 Å². The van der Waals surface area contributed by atoms with Gasteiger partial charge in [-0.15, -0.1) is 6.42 Å². The normalized spacial score (nSPS) is 12.5. The Hall–Kier alpha value is -2.47. The zero-order chi connectivity index (χ0) is 17.0. The summed E-state index contributed by atoms with van der Waals surface area (Å²) in [4.78, 5) is 14.1. The molecular weight excluding hydrogens is 286 g/mol. The van der Waals surface area contributed by atoms with Gasteiger partial charge in [-0.05, 0) is 44.0 Å². The first-order valence-electron chi connectivity index (χ1n) is 7.74. The molecule has 0 aliphatic carbocycles. The molecule has 0 unspecified atom stereocenters. The molecule has 1 atom stereocenters. The van der Waals surface area contributed by atoms with Crippen LogP contribution in [0.4, 0.5) is 4.79 Å². The van der Waals surface area contributed by atoms with E-state index < -0.39 is 11.7 Å². The zero-order valence-corrected chi connectivity index (χ0v) is 14.2. The largest absolute Gasteiger partial charge is 0.444 e. The van der Waals surface area contributed by atoms with Gasteiger partial charge in [0.25, 0.3) is 0 Å². The minimum absolute atomic E-state index is 0.174. The maximum absolute atomic E-state index is 12.5. The lowest BCUT2D eigenvalue weighted by Gasteiger charge is -2.31. The minimum atomic E-state index is -0.553. The summed E-state index contributed by atoms with van der Waals surface area (Å²) in [7, 11) is 0. The number of hydrogen-bond acceptors (Lipinski definition) is 2. The van der Waals surface area contributed by atoms with Crippen molar-refractivity contribution in [3.63, 3.8) is 0 Å². The van der Waals surface area contributed by atoms with Gasteiger partial charge in [-0.3, -0.25) is 4.90 Å². The van der Waals surface area contributed by atoms with Gasteiger partial charge < -0.3 is 4.74 Å². The summed E-state index contributed by atoms with van der Waals surface area (Å²) in [6.45, 7) is 7.73. The van der Waals surface area contributed by atoms with Crippen LogP contribution in [0.3, 0.4) is 0 Å². The van der Waals surface area contributed by atoms with Gasteiger partial charge in [0.1, 0.15) is 5.60 Å². The molecule has 3 heteroatoms. The van der Waals surface area contributed by atoms with Crippen LogP contribution in [-0.4, -0.2) is 23.1 Å². The Morgan fingerprint density at radius 1 is 1.22 bits per heavy atom. The molecule has 0 aromatic heterocycles. The number of benzene rings is 2. The predicted octanol–water partition coefficient (Wildman–Crippen LogP) is 4.77. The third kappa shape index (κ3) is 4.04. The number of fused-ring (bicyclic) bond motifs is 1. The quantitative estimate of drug-likeness (QED) is 0.764. The number of carbonyl (C=O) groups is 1. The smallest absolute Gasteiger partial charge is 0.411 e. The Morgan fingerprint density at radius 2 is 1.87 bits per heavy atom. The van der Waals surface area contributed by atoms with Gasteiger partial charge in [-0.1, -0.05) is 48.4 Å². The molecule has 1 amide bonds. The maximum atomic E-state index is 12.5. The van der Waals surface area contributed by atoms with Gasteiger partial charge in [0.2, 0.25) is 0 Å². The molecule has 2 aromatic rings. The molecule has 0 heterocycles. The van der Waals surface area contributed by atoms with Crippen molar-refractivity contribution >= 4 is 16.9 Å². The highest BCUT2D eigenvalue weighted by Crippen LogP contribution is 2.29. The molecule has 0 aliphatic heterocycles. The topological polar surface area (TPSA) is 29.5 Å². The second-order valence-electron chi connectivity index (χ2n) is 6.56. The molecule has 2 aromatic carbocycles. The first kappa shape index (κ1) is 16.9. The average molecular weight is 309 g/mol. The molecule has 2 rings (SSSR count). The van der Waals surface area contributed by atoms with E-state index >= 15 is 0 Å². The highest BCUT2D eigenvalue weighted by molar-refractivity contribution is 5.86. The Morgan fingerprint density at radius 3 is 2.52 bits per heavy atom. The van der Waals surface area contributed by atoms with Crippen molar-refractivity contribution in [3.05, 3.63) is 48.0 Å². The third-order valence-corrected chi connectivity index (χ3v) is 3.63. The lowest BCUT2D eigenvalue weighted by atomic mass is 9.99. The fourth-order valence-electron chi connectivity index (χ4n) is 2.56. The number of ether oxygens (including phenoxy) is 1. The van der Waals surface area contributed by atoms with Gasteiger partial charge >= 0.3 is 6.09 Å². The van der Waals surface area contributed by atoms with Crippen LogP contribution < -0.4 is 0 Å². The molecule has 0 N–H and O–H groups in total. The Labute approximate surface area is 138 Å². The van der Waals surface area contributed by atoms with Crippen LogP contribution in [-0.2, 0) is 4.74 Å².